The molecule has 96 valence electrons. The number of methoxy groups -OCH3 is 1. The van der Waals surface area contributed by atoms with E-state index in [0.29, 0.717) is 0 Å². The third-order valence-corrected chi connectivity index (χ3v) is 4.24. The Kier molecular flexibility index (Phi) is 3.08. The molecule has 0 aliphatic heterocycles. The smallest absolute Gasteiger partial charge is 0.119 e. The van der Waals surface area contributed by atoms with Crippen LogP contribution < -0.4 is 4.74 Å². The van der Waals surface area contributed by atoms with Crippen molar-refractivity contribution < 1.29 is 9.84 Å². The summed E-state index contributed by atoms with van der Waals surface area (Å²) in [5.74, 6) is 0.725. The van der Waals surface area contributed by atoms with Gasteiger partial charge in [-0.2, -0.15) is 5.26 Å². The molecule has 0 heterocycles. The van der Waals surface area contributed by atoms with Crippen LogP contribution in [0.5, 0.6) is 5.75 Å². The lowest BCUT2D eigenvalue weighted by Crippen LogP contribution is -2.45. The number of aliphatic hydroxyl groups is 1. The molecule has 3 heteroatoms. The molecule has 0 radical (unpaired) electrons. The minimum absolute atomic E-state index is 0.111. The Bertz CT molecular complexity index is 502. The Balaban J connectivity index is 2.60. The van der Waals surface area contributed by atoms with E-state index < -0.39 is 5.60 Å². The molecule has 1 atom stereocenters. The van der Waals surface area contributed by atoms with Crippen molar-refractivity contribution in [1.82, 2.24) is 0 Å². The second-order valence-corrected chi connectivity index (χ2v) is 5.60. The molecule has 0 aromatic heterocycles. The monoisotopic (exact) mass is 245 g/mol. The Morgan fingerprint density at radius 2 is 2.17 bits per heavy atom. The number of rotatable bonds is 2. The van der Waals surface area contributed by atoms with Gasteiger partial charge < -0.3 is 9.84 Å². The highest BCUT2D eigenvalue weighted by Gasteiger charge is 2.48. The minimum atomic E-state index is -1.09. The van der Waals surface area contributed by atoms with Gasteiger partial charge in [-0.15, -0.1) is 0 Å². The van der Waals surface area contributed by atoms with Crippen LogP contribution in [0.15, 0.2) is 18.2 Å². The van der Waals surface area contributed by atoms with Crippen molar-refractivity contribution in [1.29, 1.82) is 5.26 Å². The van der Waals surface area contributed by atoms with Crippen LogP contribution >= 0.6 is 0 Å². The summed E-state index contributed by atoms with van der Waals surface area (Å²) < 4.78 is 5.23. The summed E-state index contributed by atoms with van der Waals surface area (Å²) >= 11 is 0. The van der Waals surface area contributed by atoms with E-state index in [1.165, 1.54) is 0 Å². The Labute approximate surface area is 108 Å². The summed E-state index contributed by atoms with van der Waals surface area (Å²) in [7, 11) is 1.61. The van der Waals surface area contributed by atoms with Crippen molar-refractivity contribution in [3.8, 4) is 11.8 Å². The zero-order valence-electron chi connectivity index (χ0n) is 11.2. The predicted octanol–water partition coefficient (Wildman–Crippen LogP) is 2.77. The van der Waals surface area contributed by atoms with Crippen molar-refractivity contribution in [2.24, 2.45) is 5.41 Å². The molecule has 1 aliphatic carbocycles. The van der Waals surface area contributed by atoms with Gasteiger partial charge in [0.05, 0.1) is 19.6 Å². The summed E-state index contributed by atoms with van der Waals surface area (Å²) in [5, 5.41) is 20.0. The van der Waals surface area contributed by atoms with Gasteiger partial charge in [-0.3, -0.25) is 0 Å². The van der Waals surface area contributed by atoms with Gasteiger partial charge in [0.25, 0.3) is 0 Å². The quantitative estimate of drug-likeness (QED) is 0.871. The first-order valence-corrected chi connectivity index (χ1v) is 6.21. The molecule has 2 rings (SSSR count). The molecule has 1 aromatic carbocycles. The molecule has 1 aliphatic rings. The van der Waals surface area contributed by atoms with Gasteiger partial charge >= 0.3 is 0 Å². The molecule has 1 aromatic rings. The van der Waals surface area contributed by atoms with Crippen LogP contribution in [0.2, 0.25) is 0 Å². The van der Waals surface area contributed by atoms with E-state index in [2.05, 4.69) is 6.07 Å². The first-order chi connectivity index (χ1) is 8.44. The fourth-order valence-corrected chi connectivity index (χ4v) is 2.75. The number of aryl methyl sites for hydroxylation is 1. The van der Waals surface area contributed by atoms with E-state index in [0.717, 1.165) is 29.7 Å². The van der Waals surface area contributed by atoms with Gasteiger partial charge in [0.2, 0.25) is 0 Å². The third-order valence-electron chi connectivity index (χ3n) is 4.24. The summed E-state index contributed by atoms with van der Waals surface area (Å²) in [6.45, 7) is 4.04. The van der Waals surface area contributed by atoms with Crippen LogP contribution in [-0.4, -0.2) is 12.2 Å². The van der Waals surface area contributed by atoms with Gasteiger partial charge in [0.1, 0.15) is 11.4 Å². The number of benzene rings is 1. The Hall–Kier alpha value is -1.53. The number of hydrogen-bond donors (Lipinski definition) is 1. The predicted molar refractivity (Wildman–Crippen MR) is 69.2 cm³/mol. The van der Waals surface area contributed by atoms with Crippen LogP contribution in [-0.2, 0) is 12.0 Å². The second-order valence-electron chi connectivity index (χ2n) is 5.60. The SMILES string of the molecule is COc1ccc2c(c1)C(O)(CC#N)C(C)(C)CC2. The maximum Gasteiger partial charge on any atom is 0.119 e. The first kappa shape index (κ1) is 12.9. The minimum Gasteiger partial charge on any atom is -0.497 e. The van der Waals surface area contributed by atoms with Gasteiger partial charge in [-0.05, 0) is 41.5 Å². The topological polar surface area (TPSA) is 53.2 Å². The Morgan fingerprint density at radius 3 is 2.78 bits per heavy atom. The van der Waals surface area contributed by atoms with E-state index in [4.69, 9.17) is 10.00 Å². The van der Waals surface area contributed by atoms with Gasteiger partial charge in [-0.25, -0.2) is 0 Å². The lowest BCUT2D eigenvalue weighted by Gasteiger charge is -2.46. The lowest BCUT2D eigenvalue weighted by atomic mass is 9.62. The standard InChI is InChI=1S/C15H19NO2/c1-14(2)7-6-11-4-5-12(18-3)10-13(11)15(14,17)8-9-16/h4-5,10,17H,6-8H2,1-3H3. The normalized spacial score (nSPS) is 25.1. The number of nitrogens with zero attached hydrogens (tertiary/aromatic N) is 1. The summed E-state index contributed by atoms with van der Waals surface area (Å²) in [6, 6.07) is 7.89. The highest BCUT2D eigenvalue weighted by atomic mass is 16.5. The van der Waals surface area contributed by atoms with Crippen LogP contribution in [0.3, 0.4) is 0 Å². The van der Waals surface area contributed by atoms with E-state index in [9.17, 15) is 5.11 Å². The van der Waals surface area contributed by atoms with Crippen LogP contribution in [0, 0.1) is 16.7 Å². The average molecular weight is 245 g/mol. The van der Waals surface area contributed by atoms with Crippen molar-refractivity contribution >= 4 is 0 Å². The maximum absolute atomic E-state index is 11.0. The molecule has 0 spiro atoms. The van der Waals surface area contributed by atoms with Crippen molar-refractivity contribution in [3.63, 3.8) is 0 Å². The summed E-state index contributed by atoms with van der Waals surface area (Å²) in [5.41, 5.74) is 0.568. The molecule has 1 N–H and O–H groups in total. The fourth-order valence-electron chi connectivity index (χ4n) is 2.75. The molecule has 0 amide bonds. The van der Waals surface area contributed by atoms with E-state index in [1.807, 2.05) is 32.0 Å². The Morgan fingerprint density at radius 1 is 1.44 bits per heavy atom. The zero-order chi connectivity index (χ0) is 13.4. The zero-order valence-corrected chi connectivity index (χ0v) is 11.2. The lowest BCUT2D eigenvalue weighted by molar-refractivity contribution is -0.0819. The van der Waals surface area contributed by atoms with E-state index in [-0.39, 0.29) is 11.8 Å². The molecular weight excluding hydrogens is 226 g/mol. The molecule has 0 bridgehead atoms. The van der Waals surface area contributed by atoms with Crippen LogP contribution in [0.25, 0.3) is 0 Å². The number of nitriles is 1. The maximum atomic E-state index is 11.0. The fraction of sp³-hybridized carbons (Fsp3) is 0.533. The molecule has 0 saturated heterocycles. The number of fused-ring (bicyclic) bond motifs is 1. The largest absolute Gasteiger partial charge is 0.497 e. The van der Waals surface area contributed by atoms with E-state index in [1.54, 1.807) is 7.11 Å². The highest BCUT2D eigenvalue weighted by molar-refractivity contribution is 5.43. The number of ether oxygens (including phenoxy) is 1. The van der Waals surface area contributed by atoms with Crippen LogP contribution in [0.1, 0.15) is 37.8 Å². The average Bonchev–Trinajstić information content (AvgIpc) is 2.35. The van der Waals surface area contributed by atoms with Crippen molar-refractivity contribution in [3.05, 3.63) is 29.3 Å². The molecule has 3 nitrogen and oxygen atoms in total. The summed E-state index contributed by atoms with van der Waals surface area (Å²) in [4.78, 5) is 0. The molecule has 1 unspecified atom stereocenters. The second kappa shape index (κ2) is 4.29. The van der Waals surface area contributed by atoms with Gasteiger partial charge in [0.15, 0.2) is 0 Å². The van der Waals surface area contributed by atoms with Crippen LogP contribution in [0.4, 0.5) is 0 Å². The molecule has 18 heavy (non-hydrogen) atoms. The molecule has 0 saturated carbocycles. The summed E-state index contributed by atoms with van der Waals surface area (Å²) in [6.07, 6.45) is 1.92. The van der Waals surface area contributed by atoms with Crippen molar-refractivity contribution in [2.45, 2.75) is 38.7 Å². The van der Waals surface area contributed by atoms with Gasteiger partial charge in [0, 0.05) is 0 Å². The van der Waals surface area contributed by atoms with Crippen molar-refractivity contribution in [2.75, 3.05) is 7.11 Å². The number of hydrogen-bond acceptors (Lipinski definition) is 3. The third kappa shape index (κ3) is 1.77. The first-order valence-electron chi connectivity index (χ1n) is 6.21. The molecule has 0 fully saturated rings. The van der Waals surface area contributed by atoms with E-state index >= 15 is 0 Å². The van der Waals surface area contributed by atoms with Gasteiger partial charge in [-0.1, -0.05) is 19.9 Å². The molecular formula is C15H19NO2. The highest BCUT2D eigenvalue weighted by Crippen LogP contribution is 2.50.